The number of benzene rings is 4. The van der Waals surface area contributed by atoms with Crippen molar-refractivity contribution in [3.8, 4) is 28.2 Å². The molecule has 5 rings (SSSR count). The molecule has 0 atom stereocenters. The number of para-hydroxylation sites is 1. The number of thioether (sulfide) groups is 1. The van der Waals surface area contributed by atoms with Crippen molar-refractivity contribution in [1.29, 1.82) is 0 Å². The molecule has 0 radical (unpaired) electrons. The minimum Gasteiger partial charge on any atom is -0.325 e. The number of hydrogen-bond acceptors (Lipinski definition) is 3. The van der Waals surface area contributed by atoms with Crippen LogP contribution >= 0.6 is 23.4 Å². The van der Waals surface area contributed by atoms with E-state index < -0.39 is 0 Å². The molecule has 0 saturated heterocycles. The molecule has 0 spiro atoms. The summed E-state index contributed by atoms with van der Waals surface area (Å²) in [6.45, 7) is 0. The van der Waals surface area contributed by atoms with E-state index in [-0.39, 0.29) is 11.7 Å². The third-order valence-corrected chi connectivity index (χ3v) is 6.61. The molecule has 35 heavy (non-hydrogen) atoms. The van der Waals surface area contributed by atoms with E-state index in [1.165, 1.54) is 11.8 Å². The van der Waals surface area contributed by atoms with Crippen molar-refractivity contribution < 1.29 is 4.79 Å². The first-order chi connectivity index (χ1) is 17.2. The number of nitrogens with zero attached hydrogens (tertiary/aromatic N) is 2. The predicted molar refractivity (Wildman–Crippen MR) is 145 cm³/mol. The molecular formula is C29H22ClN3OS. The van der Waals surface area contributed by atoms with Crippen LogP contribution in [0.25, 0.3) is 28.2 Å². The third kappa shape index (κ3) is 5.32. The van der Waals surface area contributed by atoms with Gasteiger partial charge in [-0.2, -0.15) is 0 Å². The van der Waals surface area contributed by atoms with Gasteiger partial charge in [0.05, 0.1) is 17.1 Å². The quantitative estimate of drug-likeness (QED) is 0.236. The molecule has 0 unspecified atom stereocenters. The zero-order chi connectivity index (χ0) is 24.0. The number of anilines is 1. The molecule has 4 nitrogen and oxygen atoms in total. The summed E-state index contributed by atoms with van der Waals surface area (Å²) >= 11 is 7.37. The molecule has 0 fully saturated rings. The zero-order valence-electron chi connectivity index (χ0n) is 18.8. The van der Waals surface area contributed by atoms with Crippen LogP contribution in [-0.2, 0) is 4.79 Å². The van der Waals surface area contributed by atoms with Crippen molar-refractivity contribution in [2.24, 2.45) is 0 Å². The molecule has 0 bridgehead atoms. The van der Waals surface area contributed by atoms with E-state index in [4.69, 9.17) is 16.6 Å². The summed E-state index contributed by atoms with van der Waals surface area (Å²) in [5.74, 6) is 0.108. The molecule has 4 aromatic carbocycles. The number of hydrogen-bond donors (Lipinski definition) is 1. The van der Waals surface area contributed by atoms with Crippen molar-refractivity contribution in [2.75, 3.05) is 11.1 Å². The van der Waals surface area contributed by atoms with E-state index in [0.717, 1.165) is 33.4 Å². The molecule has 0 aliphatic carbocycles. The van der Waals surface area contributed by atoms with Crippen LogP contribution in [0.15, 0.2) is 120 Å². The van der Waals surface area contributed by atoms with Gasteiger partial charge in [0, 0.05) is 27.5 Å². The van der Waals surface area contributed by atoms with Gasteiger partial charge in [0.1, 0.15) is 0 Å². The maximum absolute atomic E-state index is 12.7. The van der Waals surface area contributed by atoms with Crippen LogP contribution in [-0.4, -0.2) is 21.2 Å². The van der Waals surface area contributed by atoms with E-state index in [2.05, 4.69) is 46.3 Å². The van der Waals surface area contributed by atoms with Crippen molar-refractivity contribution in [1.82, 2.24) is 9.55 Å². The second-order valence-electron chi connectivity index (χ2n) is 7.84. The Labute approximate surface area is 213 Å². The fourth-order valence-electron chi connectivity index (χ4n) is 3.83. The smallest absolute Gasteiger partial charge is 0.234 e. The Morgan fingerprint density at radius 3 is 1.97 bits per heavy atom. The van der Waals surface area contributed by atoms with Crippen molar-refractivity contribution in [2.45, 2.75) is 5.16 Å². The highest BCUT2D eigenvalue weighted by Gasteiger charge is 2.22. The lowest BCUT2D eigenvalue weighted by molar-refractivity contribution is -0.113. The average Bonchev–Trinajstić information content (AvgIpc) is 3.30. The Balaban J connectivity index is 1.55. The first-order valence-electron chi connectivity index (χ1n) is 11.2. The molecule has 5 aromatic rings. The van der Waals surface area contributed by atoms with Crippen LogP contribution in [0.3, 0.4) is 0 Å². The number of nitrogens with one attached hydrogen (secondary N) is 1. The maximum atomic E-state index is 12.7. The Kier molecular flexibility index (Phi) is 6.98. The minimum atomic E-state index is -0.109. The molecule has 0 aliphatic rings. The van der Waals surface area contributed by atoms with Gasteiger partial charge < -0.3 is 5.32 Å². The maximum Gasteiger partial charge on any atom is 0.234 e. The monoisotopic (exact) mass is 495 g/mol. The largest absolute Gasteiger partial charge is 0.325 e. The second kappa shape index (κ2) is 10.6. The lowest BCUT2D eigenvalue weighted by Crippen LogP contribution is -2.14. The van der Waals surface area contributed by atoms with E-state index in [9.17, 15) is 4.79 Å². The Morgan fingerprint density at radius 2 is 1.34 bits per heavy atom. The van der Waals surface area contributed by atoms with Crippen LogP contribution in [0.4, 0.5) is 5.69 Å². The summed E-state index contributed by atoms with van der Waals surface area (Å²) in [6, 6.07) is 37.6. The van der Waals surface area contributed by atoms with Crippen molar-refractivity contribution >= 4 is 35.0 Å². The lowest BCUT2D eigenvalue weighted by atomic mass is 10.0. The molecule has 1 aromatic heterocycles. The summed E-state index contributed by atoms with van der Waals surface area (Å²) in [5, 5.41) is 4.31. The van der Waals surface area contributed by atoms with Gasteiger partial charge in [-0.25, -0.2) is 4.98 Å². The number of rotatable bonds is 7. The molecular weight excluding hydrogens is 474 g/mol. The van der Waals surface area contributed by atoms with E-state index in [1.54, 1.807) is 24.3 Å². The summed E-state index contributed by atoms with van der Waals surface area (Å²) in [7, 11) is 0. The van der Waals surface area contributed by atoms with Gasteiger partial charge in [0.2, 0.25) is 5.91 Å². The molecule has 1 heterocycles. The highest BCUT2D eigenvalue weighted by Crippen LogP contribution is 2.38. The standard InChI is InChI=1S/C29H22ClN3OS/c30-23-16-18-24(19-17-23)31-26(34)20-35-29-32-27(21-10-4-1-5-11-21)28(22-12-6-2-7-13-22)33(29)25-14-8-3-9-15-25/h1-19H,20H2,(H,31,34). The van der Waals surface area contributed by atoms with Crippen LogP contribution in [0.5, 0.6) is 0 Å². The topological polar surface area (TPSA) is 46.9 Å². The van der Waals surface area contributed by atoms with E-state index in [1.807, 2.05) is 54.6 Å². The fraction of sp³-hybridized carbons (Fsp3) is 0.0345. The summed E-state index contributed by atoms with van der Waals surface area (Å²) in [4.78, 5) is 17.8. The van der Waals surface area contributed by atoms with Gasteiger partial charge in [0.25, 0.3) is 0 Å². The average molecular weight is 496 g/mol. The number of carbonyl (C=O) groups is 1. The number of carbonyl (C=O) groups excluding carboxylic acids is 1. The highest BCUT2D eigenvalue weighted by molar-refractivity contribution is 7.99. The van der Waals surface area contributed by atoms with Gasteiger partial charge in [0.15, 0.2) is 5.16 Å². The molecule has 0 aliphatic heterocycles. The van der Waals surface area contributed by atoms with Gasteiger partial charge in [-0.3, -0.25) is 9.36 Å². The zero-order valence-corrected chi connectivity index (χ0v) is 20.3. The van der Waals surface area contributed by atoms with Gasteiger partial charge in [-0.1, -0.05) is 102 Å². The van der Waals surface area contributed by atoms with Crippen LogP contribution in [0, 0.1) is 0 Å². The van der Waals surface area contributed by atoms with E-state index in [0.29, 0.717) is 10.7 Å². The number of halogens is 1. The van der Waals surface area contributed by atoms with Gasteiger partial charge in [-0.05, 0) is 36.4 Å². The molecule has 172 valence electrons. The number of imidazole rings is 1. The summed E-state index contributed by atoms with van der Waals surface area (Å²) in [6.07, 6.45) is 0. The van der Waals surface area contributed by atoms with Crippen molar-refractivity contribution in [3.05, 3.63) is 120 Å². The van der Waals surface area contributed by atoms with Gasteiger partial charge >= 0.3 is 0 Å². The fourth-order valence-corrected chi connectivity index (χ4v) is 4.77. The number of aromatic nitrogens is 2. The van der Waals surface area contributed by atoms with Gasteiger partial charge in [-0.15, -0.1) is 0 Å². The lowest BCUT2D eigenvalue weighted by Gasteiger charge is -2.13. The van der Waals surface area contributed by atoms with Crippen LogP contribution in [0.1, 0.15) is 0 Å². The second-order valence-corrected chi connectivity index (χ2v) is 9.22. The molecule has 0 saturated carbocycles. The molecule has 1 N–H and O–H groups in total. The minimum absolute atomic E-state index is 0.109. The predicted octanol–water partition coefficient (Wildman–Crippen LogP) is 7.59. The first-order valence-corrected chi connectivity index (χ1v) is 12.5. The Bertz CT molecular complexity index is 1420. The van der Waals surface area contributed by atoms with Crippen molar-refractivity contribution in [3.63, 3.8) is 0 Å². The normalized spacial score (nSPS) is 10.8. The van der Waals surface area contributed by atoms with Crippen LogP contribution < -0.4 is 5.32 Å². The highest BCUT2D eigenvalue weighted by atomic mass is 35.5. The third-order valence-electron chi connectivity index (χ3n) is 5.42. The molecule has 1 amide bonds. The Morgan fingerprint density at radius 1 is 0.771 bits per heavy atom. The summed E-state index contributed by atoms with van der Waals surface area (Å²) < 4.78 is 2.14. The SMILES string of the molecule is O=C(CSc1nc(-c2ccccc2)c(-c2ccccc2)n1-c1ccccc1)Nc1ccc(Cl)cc1. The Hall–Kier alpha value is -3.80. The van der Waals surface area contributed by atoms with E-state index >= 15 is 0 Å². The first kappa shape index (κ1) is 23.0. The number of amides is 1. The summed E-state index contributed by atoms with van der Waals surface area (Å²) in [5.41, 5.74) is 5.64. The molecule has 6 heteroatoms. The van der Waals surface area contributed by atoms with Crippen LogP contribution in [0.2, 0.25) is 5.02 Å².